The summed E-state index contributed by atoms with van der Waals surface area (Å²) < 4.78 is 33.5. The zero-order valence-electron chi connectivity index (χ0n) is 41.7. The van der Waals surface area contributed by atoms with Crippen LogP contribution in [-0.4, -0.2) is 98.3 Å². The summed E-state index contributed by atoms with van der Waals surface area (Å²) in [5.74, 6) is -0.101. The van der Waals surface area contributed by atoms with Gasteiger partial charge in [-0.1, -0.05) is 64.1 Å². The van der Waals surface area contributed by atoms with Crippen molar-refractivity contribution in [3.63, 3.8) is 0 Å². The van der Waals surface area contributed by atoms with Crippen LogP contribution in [0.5, 0.6) is 0 Å². The normalized spacial score (nSPS) is 12.8. The van der Waals surface area contributed by atoms with Crippen molar-refractivity contribution in [1.29, 1.82) is 0 Å². The summed E-state index contributed by atoms with van der Waals surface area (Å²) in [6.45, 7) is 16.3. The molecule has 72 heavy (non-hydrogen) atoms. The third-order valence-electron chi connectivity index (χ3n) is 12.8. The van der Waals surface area contributed by atoms with Gasteiger partial charge < -0.3 is 23.4 Å². The molecular weight excluding hydrogens is 945 g/mol. The quantitative estimate of drug-likeness (QED) is 0.0192. The Kier molecular flexibility index (Phi) is 17.1. The summed E-state index contributed by atoms with van der Waals surface area (Å²) in [7, 11) is 3.05. The highest BCUT2D eigenvalue weighted by atomic mass is 33.1. The molecule has 11 nitrogen and oxygen atoms in total. The van der Waals surface area contributed by atoms with Crippen LogP contribution in [0.4, 0.5) is 0 Å². The zero-order chi connectivity index (χ0) is 50.7. The van der Waals surface area contributed by atoms with Gasteiger partial charge in [0, 0.05) is 46.2 Å². The number of carbonyl (C=O) groups excluding carboxylic acids is 4. The number of benzene rings is 5. The molecule has 13 heteroatoms. The number of ether oxygens (including phenoxy) is 4. The van der Waals surface area contributed by atoms with Crippen molar-refractivity contribution in [2.24, 2.45) is 0 Å². The second kappa shape index (κ2) is 24.0. The van der Waals surface area contributed by atoms with Gasteiger partial charge in [-0.25, -0.2) is 28.3 Å². The molecule has 0 fully saturated rings. The van der Waals surface area contributed by atoms with Crippen molar-refractivity contribution in [1.82, 2.24) is 4.58 Å². The van der Waals surface area contributed by atoms with Crippen molar-refractivity contribution in [2.75, 3.05) is 64.1 Å². The van der Waals surface area contributed by atoms with Crippen LogP contribution in [0.25, 0.3) is 39.0 Å². The zero-order valence-corrected chi connectivity index (χ0v) is 43.3. The van der Waals surface area contributed by atoms with E-state index < -0.39 is 23.9 Å². The fourth-order valence-corrected chi connectivity index (χ4v) is 11.0. The second-order valence-electron chi connectivity index (χ2n) is 16.9. The first-order valence-electron chi connectivity index (χ1n) is 24.7. The SMILES string of the molecule is CCOC(=O)c1ccc2c(c1)C(c1ccccc1C(=O)OCCSSCCOC(=O)c1ccccc1-c1c3ccc(=[N+](CC)CC)cc-3oc3ccc(C(=O)OCC)cc13)=C1C=CC(=[N+](CC)CC)C=C1C2. The van der Waals surface area contributed by atoms with Crippen LogP contribution in [0.1, 0.15) is 99.7 Å². The average Bonchev–Trinajstić information content (AvgIpc) is 3.40. The molecule has 0 spiro atoms. The molecule has 4 aromatic rings. The third kappa shape index (κ3) is 11.1. The van der Waals surface area contributed by atoms with Gasteiger partial charge in [-0.3, -0.25) is 0 Å². The molecule has 3 aliphatic carbocycles. The molecule has 370 valence electrons. The molecular formula is C59H60N2O9S2+2. The minimum absolute atomic E-state index is 0.152. The standard InChI is InChI=1S/C59H60N2O9S2/c1-7-60(8-2)42-24-26-44-41(34-42)33-38-21-22-39(56(62)66-11-5)35-50(38)54(44)45-17-13-15-19-47(45)58(64)68-29-31-71-72-32-30-69-59(65)48-20-16-14-18-46(48)55-49-27-25-43(61(9-3)10-4)37-53(49)70-52-28-23-40(36-51(52)55)57(63)67-12-6/h13-28,34-37H,7-12,29-33H2,1-6H3/q+2. The summed E-state index contributed by atoms with van der Waals surface area (Å²) in [5.41, 5.74) is 11.2. The third-order valence-corrected chi connectivity index (χ3v) is 15.2. The van der Waals surface area contributed by atoms with Crippen molar-refractivity contribution < 1.29 is 47.1 Å². The van der Waals surface area contributed by atoms with E-state index in [9.17, 15) is 19.2 Å². The van der Waals surface area contributed by atoms with Crippen LogP contribution in [0.3, 0.4) is 0 Å². The Balaban J connectivity index is 0.945. The van der Waals surface area contributed by atoms with Crippen LogP contribution in [0.2, 0.25) is 0 Å². The second-order valence-corrected chi connectivity index (χ2v) is 19.6. The minimum atomic E-state index is -0.477. The smallest absolute Gasteiger partial charge is 0.338 e. The fraction of sp³-hybridized carbons (Fsp3) is 0.288. The maximum atomic E-state index is 14.0. The van der Waals surface area contributed by atoms with E-state index in [1.807, 2.05) is 66.7 Å². The molecule has 4 aromatic carbocycles. The molecule has 1 aliphatic heterocycles. The largest absolute Gasteiger partial charge is 0.462 e. The Morgan fingerprint density at radius 1 is 0.569 bits per heavy atom. The van der Waals surface area contributed by atoms with Gasteiger partial charge >= 0.3 is 23.9 Å². The van der Waals surface area contributed by atoms with E-state index in [1.165, 1.54) is 21.6 Å². The lowest BCUT2D eigenvalue weighted by molar-refractivity contribution is -0.519. The van der Waals surface area contributed by atoms with E-state index in [-0.39, 0.29) is 26.4 Å². The summed E-state index contributed by atoms with van der Waals surface area (Å²) in [5, 5.41) is 1.68. The molecule has 0 aromatic heterocycles. The molecule has 0 N–H and O–H groups in total. The van der Waals surface area contributed by atoms with Crippen molar-refractivity contribution >= 4 is 67.7 Å². The van der Waals surface area contributed by atoms with E-state index in [0.29, 0.717) is 62.5 Å². The van der Waals surface area contributed by atoms with E-state index in [0.717, 1.165) is 81.8 Å². The van der Waals surface area contributed by atoms with Crippen molar-refractivity contribution in [2.45, 2.75) is 48.0 Å². The van der Waals surface area contributed by atoms with Crippen LogP contribution in [0, 0.1) is 0 Å². The van der Waals surface area contributed by atoms with Gasteiger partial charge in [0.15, 0.2) is 5.71 Å². The molecule has 0 amide bonds. The Morgan fingerprint density at radius 3 is 1.81 bits per heavy atom. The van der Waals surface area contributed by atoms with Gasteiger partial charge in [-0.2, -0.15) is 0 Å². The minimum Gasteiger partial charge on any atom is -0.462 e. The average molecular weight is 1010 g/mol. The molecule has 8 rings (SSSR count). The Hall–Kier alpha value is -6.96. The van der Waals surface area contributed by atoms with Gasteiger partial charge in [0.1, 0.15) is 50.7 Å². The lowest BCUT2D eigenvalue weighted by Gasteiger charge is -2.27. The van der Waals surface area contributed by atoms with Gasteiger partial charge in [0.05, 0.1) is 41.5 Å². The monoisotopic (exact) mass is 1000 g/mol. The number of hydrogen-bond acceptors (Lipinski definition) is 11. The number of esters is 4. The first-order valence-corrected chi connectivity index (χ1v) is 27.2. The lowest BCUT2D eigenvalue weighted by atomic mass is 9.76. The van der Waals surface area contributed by atoms with E-state index >= 15 is 0 Å². The summed E-state index contributed by atoms with van der Waals surface area (Å²) in [4.78, 5) is 53.8. The molecule has 4 aliphatic rings. The topological polar surface area (TPSA) is 124 Å². The molecule has 0 saturated carbocycles. The van der Waals surface area contributed by atoms with Crippen molar-refractivity contribution in [3.05, 3.63) is 177 Å². The molecule has 0 saturated heterocycles. The highest BCUT2D eigenvalue weighted by Crippen LogP contribution is 2.44. The maximum absolute atomic E-state index is 14.0. The van der Waals surface area contributed by atoms with Crippen LogP contribution in [-0.2, 0) is 25.4 Å². The number of rotatable bonds is 19. The molecule has 0 atom stereocenters. The Labute approximate surface area is 428 Å². The van der Waals surface area contributed by atoms with E-state index in [2.05, 4.69) is 55.1 Å². The first-order chi connectivity index (χ1) is 35.1. The summed E-state index contributed by atoms with van der Waals surface area (Å²) in [6.07, 6.45) is 7.16. The number of carbonyl (C=O) groups is 4. The Morgan fingerprint density at radius 2 is 1.17 bits per heavy atom. The van der Waals surface area contributed by atoms with Crippen LogP contribution in [0.15, 0.2) is 137 Å². The molecule has 0 radical (unpaired) electrons. The number of nitrogens with zero attached hydrogens (tertiary/aromatic N) is 2. The van der Waals surface area contributed by atoms with Crippen molar-refractivity contribution in [3.8, 4) is 22.5 Å². The number of fused-ring (bicyclic) bond motifs is 4. The van der Waals surface area contributed by atoms with E-state index in [4.69, 9.17) is 23.4 Å². The van der Waals surface area contributed by atoms with Gasteiger partial charge in [0.2, 0.25) is 5.36 Å². The van der Waals surface area contributed by atoms with E-state index in [1.54, 1.807) is 50.2 Å². The predicted octanol–water partition coefficient (Wildman–Crippen LogP) is 11.1. The van der Waals surface area contributed by atoms with Crippen LogP contribution < -0.4 is 9.93 Å². The highest BCUT2D eigenvalue weighted by molar-refractivity contribution is 8.76. The van der Waals surface area contributed by atoms with Gasteiger partial charge in [-0.05, 0) is 142 Å². The summed E-state index contributed by atoms with van der Waals surface area (Å²) in [6, 6.07) is 31.8. The molecule has 0 bridgehead atoms. The highest BCUT2D eigenvalue weighted by Gasteiger charge is 2.30. The maximum Gasteiger partial charge on any atom is 0.338 e. The van der Waals surface area contributed by atoms with Gasteiger partial charge in [0.25, 0.3) is 0 Å². The number of hydrogen-bond donors (Lipinski definition) is 0. The van der Waals surface area contributed by atoms with Gasteiger partial charge in [-0.15, -0.1) is 0 Å². The lowest BCUT2D eigenvalue weighted by Crippen LogP contribution is -2.29. The molecule has 1 heterocycles. The Bertz CT molecular complexity index is 3220. The van der Waals surface area contributed by atoms with Crippen LogP contribution >= 0.6 is 21.6 Å². The first kappa shape index (κ1) is 51.4. The predicted molar refractivity (Wildman–Crippen MR) is 288 cm³/mol. The fourth-order valence-electron chi connectivity index (χ4n) is 9.37. The molecule has 0 unspecified atom stereocenters. The summed E-state index contributed by atoms with van der Waals surface area (Å²) >= 11 is 0. The number of allylic oxidation sites excluding steroid dienone is 5.